The Morgan fingerprint density at radius 1 is 1.28 bits per heavy atom. The summed E-state index contributed by atoms with van der Waals surface area (Å²) in [5.74, 6) is 1.90. The molecule has 0 bridgehead atoms. The molecule has 8 heteroatoms. The molecule has 0 unspecified atom stereocenters. The molecule has 2 N–H and O–H groups in total. The number of aromatic nitrogens is 3. The van der Waals surface area contributed by atoms with Gasteiger partial charge in [-0.1, -0.05) is 43.6 Å². The van der Waals surface area contributed by atoms with Crippen molar-refractivity contribution in [3.63, 3.8) is 0 Å². The van der Waals surface area contributed by atoms with Crippen LogP contribution in [0.15, 0.2) is 27.8 Å². The molecule has 7 nitrogen and oxygen atoms in total. The lowest BCUT2D eigenvalue weighted by Gasteiger charge is -2.11. The van der Waals surface area contributed by atoms with Crippen LogP contribution in [0.25, 0.3) is 0 Å². The molecule has 0 aromatic carbocycles. The fourth-order valence-electron chi connectivity index (χ4n) is 1.99. The van der Waals surface area contributed by atoms with Gasteiger partial charge in [-0.3, -0.25) is 0 Å². The van der Waals surface area contributed by atoms with Crippen molar-refractivity contribution in [2.45, 2.75) is 46.1 Å². The number of nitrogens with zero attached hydrogens (tertiary/aromatic N) is 4. The summed E-state index contributed by atoms with van der Waals surface area (Å²) in [5.41, 5.74) is 0.949. The molecular weight excluding hydrogens is 340 g/mol. The van der Waals surface area contributed by atoms with Crippen LogP contribution in [0.2, 0.25) is 5.15 Å². The van der Waals surface area contributed by atoms with Crippen LogP contribution in [-0.4, -0.2) is 34.2 Å². The molecule has 2 heterocycles. The summed E-state index contributed by atoms with van der Waals surface area (Å²) in [7, 11) is 0. The summed E-state index contributed by atoms with van der Waals surface area (Å²) in [6.45, 7) is 9.98. The minimum absolute atomic E-state index is 0.162. The lowest BCUT2D eigenvalue weighted by atomic mass is 9.97. The van der Waals surface area contributed by atoms with E-state index in [0.717, 1.165) is 25.1 Å². The van der Waals surface area contributed by atoms with E-state index in [4.69, 9.17) is 16.1 Å². The van der Waals surface area contributed by atoms with Crippen LogP contribution in [-0.2, 0) is 18.4 Å². The van der Waals surface area contributed by atoms with Crippen LogP contribution in [0.3, 0.4) is 0 Å². The van der Waals surface area contributed by atoms with E-state index in [1.807, 2.05) is 33.8 Å². The molecule has 0 aliphatic rings. The number of hydrogen-bond acceptors (Lipinski definition) is 5. The van der Waals surface area contributed by atoms with E-state index in [-0.39, 0.29) is 5.41 Å². The van der Waals surface area contributed by atoms with Crippen LogP contribution in [0, 0.1) is 0 Å². The van der Waals surface area contributed by atoms with Crippen LogP contribution in [0.4, 0.5) is 0 Å². The third kappa shape index (κ3) is 6.34. The second-order valence-electron chi connectivity index (χ2n) is 6.63. The number of aliphatic imine (C=N–C) groups is 1. The molecule has 2 aromatic heterocycles. The molecule has 0 aliphatic heterocycles. The Balaban J connectivity index is 1.89. The van der Waals surface area contributed by atoms with E-state index in [0.29, 0.717) is 29.4 Å². The lowest BCUT2D eigenvalue weighted by Crippen LogP contribution is -2.38. The fourth-order valence-corrected chi connectivity index (χ4v) is 2.11. The molecular formula is C17H25ClN6O. The summed E-state index contributed by atoms with van der Waals surface area (Å²) in [6, 6.07) is 3.76. The van der Waals surface area contributed by atoms with Gasteiger partial charge >= 0.3 is 0 Å². The van der Waals surface area contributed by atoms with Crippen molar-refractivity contribution in [2.75, 3.05) is 13.1 Å². The maximum absolute atomic E-state index is 5.79. The highest BCUT2D eigenvalue weighted by atomic mass is 35.5. The Morgan fingerprint density at radius 3 is 2.68 bits per heavy atom. The monoisotopic (exact) mass is 364 g/mol. The quantitative estimate of drug-likeness (QED) is 0.465. The van der Waals surface area contributed by atoms with Crippen molar-refractivity contribution in [3.05, 3.63) is 40.8 Å². The van der Waals surface area contributed by atoms with Crippen molar-refractivity contribution >= 4 is 17.6 Å². The Morgan fingerprint density at radius 2 is 2.08 bits per heavy atom. The third-order valence-electron chi connectivity index (χ3n) is 3.33. The zero-order chi connectivity index (χ0) is 18.3. The van der Waals surface area contributed by atoms with E-state index >= 15 is 0 Å². The molecule has 136 valence electrons. The Hall–Kier alpha value is -2.15. The van der Waals surface area contributed by atoms with Gasteiger partial charge < -0.3 is 15.2 Å². The second-order valence-corrected chi connectivity index (χ2v) is 7.01. The minimum Gasteiger partial charge on any atom is -0.357 e. The summed E-state index contributed by atoms with van der Waals surface area (Å²) < 4.78 is 5.28. The van der Waals surface area contributed by atoms with Gasteiger partial charge in [0, 0.05) is 24.7 Å². The van der Waals surface area contributed by atoms with Gasteiger partial charge in [0.1, 0.15) is 11.7 Å². The highest BCUT2D eigenvalue weighted by Gasteiger charge is 2.21. The Labute approximate surface area is 153 Å². The van der Waals surface area contributed by atoms with Crippen molar-refractivity contribution in [3.8, 4) is 0 Å². The number of halogens is 1. The molecule has 0 spiro atoms. The molecule has 0 saturated heterocycles. The highest BCUT2D eigenvalue weighted by molar-refractivity contribution is 6.29. The molecule has 0 aliphatic carbocycles. The first kappa shape index (κ1) is 19.2. The summed E-state index contributed by atoms with van der Waals surface area (Å²) >= 11 is 5.79. The molecule has 0 amide bonds. The maximum Gasteiger partial charge on any atom is 0.232 e. The van der Waals surface area contributed by atoms with Gasteiger partial charge in [-0.15, -0.1) is 0 Å². The fraction of sp³-hybridized carbons (Fsp3) is 0.529. The van der Waals surface area contributed by atoms with Crippen LogP contribution in [0.5, 0.6) is 0 Å². The van der Waals surface area contributed by atoms with Crippen LogP contribution in [0.1, 0.15) is 45.0 Å². The largest absolute Gasteiger partial charge is 0.357 e. The van der Waals surface area contributed by atoms with Crippen molar-refractivity contribution < 1.29 is 4.52 Å². The standard InChI is InChI=1S/C17H25ClN6O/c1-5-19-16(20-9-8-12-6-7-13(18)21-10-12)22-11-14-23-15(25-24-14)17(2,3)4/h6-7,10H,5,8-9,11H2,1-4H3,(H2,19,20,22). The van der Waals surface area contributed by atoms with Gasteiger partial charge in [-0.2, -0.15) is 4.98 Å². The van der Waals surface area contributed by atoms with Gasteiger partial charge in [-0.25, -0.2) is 9.98 Å². The number of hydrogen-bond donors (Lipinski definition) is 2. The topological polar surface area (TPSA) is 88.2 Å². The predicted molar refractivity (Wildman–Crippen MR) is 98.8 cm³/mol. The van der Waals surface area contributed by atoms with E-state index < -0.39 is 0 Å². The lowest BCUT2D eigenvalue weighted by molar-refractivity contribution is 0.318. The van der Waals surface area contributed by atoms with Crippen molar-refractivity contribution in [1.29, 1.82) is 0 Å². The minimum atomic E-state index is -0.162. The van der Waals surface area contributed by atoms with Crippen LogP contribution < -0.4 is 10.6 Å². The molecule has 25 heavy (non-hydrogen) atoms. The molecule has 0 saturated carbocycles. The molecule has 0 radical (unpaired) electrons. The Bertz CT molecular complexity index is 690. The molecule has 2 rings (SSSR count). The zero-order valence-electron chi connectivity index (χ0n) is 15.1. The van der Waals surface area contributed by atoms with Crippen molar-refractivity contribution in [1.82, 2.24) is 25.8 Å². The highest BCUT2D eigenvalue weighted by Crippen LogP contribution is 2.19. The van der Waals surface area contributed by atoms with Crippen LogP contribution >= 0.6 is 11.6 Å². The zero-order valence-corrected chi connectivity index (χ0v) is 15.9. The van der Waals surface area contributed by atoms with Gasteiger partial charge in [0.2, 0.25) is 5.89 Å². The summed E-state index contributed by atoms with van der Waals surface area (Å²) in [5, 5.41) is 11.0. The molecule has 0 atom stereocenters. The van der Waals surface area contributed by atoms with E-state index in [2.05, 4.69) is 30.8 Å². The summed E-state index contributed by atoms with van der Waals surface area (Å²) in [4.78, 5) is 13.0. The average molecular weight is 365 g/mol. The second kappa shape index (κ2) is 8.80. The van der Waals surface area contributed by atoms with E-state index in [1.165, 1.54) is 0 Å². The first-order valence-corrected chi connectivity index (χ1v) is 8.72. The number of rotatable bonds is 6. The Kier molecular flexibility index (Phi) is 6.75. The summed E-state index contributed by atoms with van der Waals surface area (Å²) in [6.07, 6.45) is 2.60. The molecule has 2 aromatic rings. The van der Waals surface area contributed by atoms with Gasteiger partial charge in [0.05, 0.1) is 0 Å². The molecule has 0 fully saturated rings. The predicted octanol–water partition coefficient (Wildman–Crippen LogP) is 2.71. The average Bonchev–Trinajstić information content (AvgIpc) is 3.04. The van der Waals surface area contributed by atoms with Gasteiger partial charge in [0.15, 0.2) is 11.8 Å². The van der Waals surface area contributed by atoms with Gasteiger partial charge in [0.25, 0.3) is 0 Å². The first-order valence-electron chi connectivity index (χ1n) is 8.34. The number of nitrogens with one attached hydrogen (secondary N) is 2. The SMILES string of the molecule is CCNC(=NCc1noc(C(C)(C)C)n1)NCCc1ccc(Cl)nc1. The number of guanidine groups is 1. The van der Waals surface area contributed by atoms with Crippen molar-refractivity contribution in [2.24, 2.45) is 4.99 Å². The maximum atomic E-state index is 5.79. The van der Waals surface area contributed by atoms with E-state index in [1.54, 1.807) is 12.3 Å². The first-order chi connectivity index (χ1) is 11.9. The normalized spacial score (nSPS) is 12.3. The smallest absolute Gasteiger partial charge is 0.232 e. The van der Waals surface area contributed by atoms with Gasteiger partial charge in [-0.05, 0) is 25.0 Å². The third-order valence-corrected chi connectivity index (χ3v) is 3.55. The van der Waals surface area contributed by atoms with E-state index in [9.17, 15) is 0 Å². The number of pyridine rings is 1.